The van der Waals surface area contributed by atoms with Crippen molar-refractivity contribution < 1.29 is 49.5 Å². The Morgan fingerprint density at radius 2 is 0.649 bits per heavy atom. The molecule has 10 heteroatoms. The standard InChI is InChI=1S/3C12H24O2.C11H12O4/c3*1-2-3-4-5-6-7-8-9-10-11-12(13)14;12-10(13)7-9(11(14)15)6-8-4-2-1-3-5-8/h3*2-11H2,1H3,(H,13,14);1-5,9H,6-7H2,(H,12,13)(H,14,15). The summed E-state index contributed by atoms with van der Waals surface area (Å²) < 4.78 is 0. The SMILES string of the molecule is CCCCCCCCCCCC(=O)O.CCCCCCCCCCCC(=O)O.CCCCCCCCCCCC(=O)O.O=C(O)CC(Cc1ccccc1)C(=O)O. The third-order valence-electron chi connectivity index (χ3n) is 9.58. The smallest absolute Gasteiger partial charge is 0.307 e. The van der Waals surface area contributed by atoms with Crippen LogP contribution < -0.4 is 0 Å². The molecule has 0 saturated heterocycles. The molecule has 1 atom stereocenters. The molecular formula is C47H84O10. The number of hydrogen-bond acceptors (Lipinski definition) is 5. The van der Waals surface area contributed by atoms with Gasteiger partial charge < -0.3 is 25.5 Å². The molecule has 0 aliphatic carbocycles. The predicted molar refractivity (Wildman–Crippen MR) is 232 cm³/mol. The van der Waals surface area contributed by atoms with Crippen molar-refractivity contribution in [3.8, 4) is 0 Å². The monoisotopic (exact) mass is 809 g/mol. The summed E-state index contributed by atoms with van der Waals surface area (Å²) in [6.45, 7) is 6.68. The Morgan fingerprint density at radius 1 is 0.386 bits per heavy atom. The third kappa shape index (κ3) is 54.7. The normalized spacial score (nSPS) is 10.8. The zero-order valence-corrected chi connectivity index (χ0v) is 36.4. The van der Waals surface area contributed by atoms with Gasteiger partial charge in [0.2, 0.25) is 0 Å². The second-order valence-electron chi connectivity index (χ2n) is 15.2. The van der Waals surface area contributed by atoms with Gasteiger partial charge in [-0.3, -0.25) is 24.0 Å². The van der Waals surface area contributed by atoms with Crippen molar-refractivity contribution in [3.05, 3.63) is 35.9 Å². The van der Waals surface area contributed by atoms with Crippen molar-refractivity contribution in [2.45, 2.75) is 226 Å². The zero-order valence-electron chi connectivity index (χ0n) is 36.4. The lowest BCUT2D eigenvalue weighted by Gasteiger charge is -2.09. The van der Waals surface area contributed by atoms with Gasteiger partial charge in [0.25, 0.3) is 0 Å². The Morgan fingerprint density at radius 3 is 0.877 bits per heavy atom. The highest BCUT2D eigenvalue weighted by atomic mass is 16.4. The average Bonchev–Trinajstić information content (AvgIpc) is 3.16. The highest BCUT2D eigenvalue weighted by molar-refractivity contribution is 5.78. The van der Waals surface area contributed by atoms with Crippen molar-refractivity contribution in [3.63, 3.8) is 0 Å². The van der Waals surface area contributed by atoms with E-state index in [4.69, 9.17) is 25.5 Å². The van der Waals surface area contributed by atoms with E-state index >= 15 is 0 Å². The summed E-state index contributed by atoms with van der Waals surface area (Å²) in [5, 5.41) is 42.6. The van der Waals surface area contributed by atoms with E-state index in [0.29, 0.717) is 19.3 Å². The van der Waals surface area contributed by atoms with Gasteiger partial charge in [-0.1, -0.05) is 205 Å². The van der Waals surface area contributed by atoms with Crippen LogP contribution in [0.25, 0.3) is 0 Å². The van der Waals surface area contributed by atoms with Gasteiger partial charge in [0.1, 0.15) is 0 Å². The lowest BCUT2D eigenvalue weighted by molar-refractivity contribution is -0.148. The third-order valence-corrected chi connectivity index (χ3v) is 9.58. The van der Waals surface area contributed by atoms with Crippen LogP contribution in [0.2, 0.25) is 0 Å². The summed E-state index contributed by atoms with van der Waals surface area (Å²) >= 11 is 0. The minimum atomic E-state index is -1.08. The molecule has 10 nitrogen and oxygen atoms in total. The molecular weight excluding hydrogens is 725 g/mol. The average molecular weight is 809 g/mol. The molecule has 0 heterocycles. The molecule has 1 rings (SSSR count). The van der Waals surface area contributed by atoms with Crippen LogP contribution in [0.5, 0.6) is 0 Å². The Labute approximate surface area is 346 Å². The van der Waals surface area contributed by atoms with Gasteiger partial charge >= 0.3 is 29.8 Å². The van der Waals surface area contributed by atoms with Crippen LogP contribution in [0, 0.1) is 5.92 Å². The summed E-state index contributed by atoms with van der Waals surface area (Å²) in [6.07, 6.45) is 34.3. The van der Waals surface area contributed by atoms with E-state index < -0.39 is 35.8 Å². The van der Waals surface area contributed by atoms with Crippen LogP contribution in [-0.4, -0.2) is 55.4 Å². The van der Waals surface area contributed by atoms with Crippen molar-refractivity contribution in [2.24, 2.45) is 5.92 Å². The molecule has 332 valence electrons. The molecule has 1 aromatic carbocycles. The first kappa shape index (κ1) is 57.9. The second kappa shape index (κ2) is 46.9. The minimum Gasteiger partial charge on any atom is -0.481 e. The van der Waals surface area contributed by atoms with E-state index in [1.54, 1.807) is 24.3 Å². The molecule has 57 heavy (non-hydrogen) atoms. The van der Waals surface area contributed by atoms with Crippen LogP contribution >= 0.6 is 0 Å². The van der Waals surface area contributed by atoms with E-state index in [1.807, 2.05) is 6.07 Å². The first-order chi connectivity index (χ1) is 27.4. The van der Waals surface area contributed by atoms with E-state index in [2.05, 4.69) is 20.8 Å². The Kier molecular flexibility index (Phi) is 47.7. The van der Waals surface area contributed by atoms with Crippen molar-refractivity contribution >= 4 is 29.8 Å². The van der Waals surface area contributed by atoms with Crippen LogP contribution in [0.1, 0.15) is 225 Å². The molecule has 0 fully saturated rings. The fraction of sp³-hybridized carbons (Fsp3) is 0.766. The first-order valence-corrected chi connectivity index (χ1v) is 22.5. The molecule has 0 radical (unpaired) electrons. The van der Waals surface area contributed by atoms with Gasteiger partial charge in [0, 0.05) is 19.3 Å². The van der Waals surface area contributed by atoms with Crippen LogP contribution in [0.3, 0.4) is 0 Å². The molecule has 0 aliphatic heterocycles. The largest absolute Gasteiger partial charge is 0.481 e. The summed E-state index contributed by atoms with van der Waals surface area (Å²) in [5.41, 5.74) is 0.839. The number of rotatable bonds is 35. The zero-order chi connectivity index (χ0) is 43.2. The number of carboxylic acids is 5. The molecule has 0 bridgehead atoms. The van der Waals surface area contributed by atoms with Crippen LogP contribution in [0.4, 0.5) is 0 Å². The fourth-order valence-corrected chi connectivity index (χ4v) is 6.12. The molecule has 5 N–H and O–H groups in total. The minimum absolute atomic E-state index is 0.252. The maximum Gasteiger partial charge on any atom is 0.307 e. The van der Waals surface area contributed by atoms with Gasteiger partial charge in [-0.15, -0.1) is 0 Å². The van der Waals surface area contributed by atoms with E-state index in [1.165, 1.54) is 135 Å². The maximum absolute atomic E-state index is 10.8. The van der Waals surface area contributed by atoms with Gasteiger partial charge in [0.05, 0.1) is 12.3 Å². The number of hydrogen-bond donors (Lipinski definition) is 5. The Balaban J connectivity index is -0.000000683. The number of unbranched alkanes of at least 4 members (excludes halogenated alkanes) is 24. The lowest BCUT2D eigenvalue weighted by atomic mass is 9.96. The summed E-state index contributed by atoms with van der Waals surface area (Å²) in [7, 11) is 0. The van der Waals surface area contributed by atoms with E-state index in [9.17, 15) is 24.0 Å². The van der Waals surface area contributed by atoms with Crippen molar-refractivity contribution in [1.29, 1.82) is 0 Å². The molecule has 0 aromatic heterocycles. The molecule has 0 amide bonds. The molecule has 0 saturated carbocycles. The predicted octanol–water partition coefficient (Wildman–Crippen LogP) is 13.4. The first-order valence-electron chi connectivity index (χ1n) is 22.5. The van der Waals surface area contributed by atoms with Gasteiger partial charge in [0.15, 0.2) is 0 Å². The summed E-state index contributed by atoms with van der Waals surface area (Å²) in [6, 6.07) is 9.01. The molecule has 0 aliphatic rings. The van der Waals surface area contributed by atoms with Crippen LogP contribution in [-0.2, 0) is 30.4 Å². The summed E-state index contributed by atoms with van der Waals surface area (Å²) in [5.74, 6) is -4.99. The lowest BCUT2D eigenvalue weighted by Crippen LogP contribution is -2.20. The number of carbonyl (C=O) groups is 5. The highest BCUT2D eigenvalue weighted by Crippen LogP contribution is 2.14. The maximum atomic E-state index is 10.8. The number of aliphatic carboxylic acids is 5. The quantitative estimate of drug-likeness (QED) is 0.0413. The number of carboxylic acid groups (broad SMARTS) is 5. The van der Waals surface area contributed by atoms with Gasteiger partial charge in [-0.2, -0.15) is 0 Å². The van der Waals surface area contributed by atoms with Gasteiger partial charge in [-0.25, -0.2) is 0 Å². The molecule has 1 aromatic rings. The van der Waals surface area contributed by atoms with E-state index in [0.717, 1.165) is 44.1 Å². The molecule has 0 spiro atoms. The van der Waals surface area contributed by atoms with Gasteiger partial charge in [-0.05, 0) is 31.2 Å². The van der Waals surface area contributed by atoms with E-state index in [-0.39, 0.29) is 12.8 Å². The van der Waals surface area contributed by atoms with Crippen molar-refractivity contribution in [1.82, 2.24) is 0 Å². The fourth-order valence-electron chi connectivity index (χ4n) is 6.12. The van der Waals surface area contributed by atoms with Crippen molar-refractivity contribution in [2.75, 3.05) is 0 Å². The second-order valence-corrected chi connectivity index (χ2v) is 15.2. The highest BCUT2D eigenvalue weighted by Gasteiger charge is 2.21. The Hall–Kier alpha value is -3.43. The topological polar surface area (TPSA) is 186 Å². The van der Waals surface area contributed by atoms with Crippen LogP contribution in [0.15, 0.2) is 30.3 Å². The summed E-state index contributed by atoms with van der Waals surface area (Å²) in [4.78, 5) is 51.8. The Bertz CT molecular complexity index is 983. The molecule has 1 unspecified atom stereocenters. The number of benzene rings is 1.